The van der Waals surface area contributed by atoms with Crippen LogP contribution in [-0.2, 0) is 0 Å². The first kappa shape index (κ1) is 7.45. The lowest BCUT2D eigenvalue weighted by atomic mass is 10.2. The average Bonchev–Trinajstić information content (AvgIpc) is 1.83. The predicted molar refractivity (Wildman–Crippen MR) is 34.4 cm³/mol. The zero-order valence-corrected chi connectivity index (χ0v) is 5.22. The molecule has 0 aliphatic rings. The molecule has 0 aromatic rings. The van der Waals surface area contributed by atoms with Crippen LogP contribution in [-0.4, -0.2) is 12.6 Å². The molecule has 0 aromatic carbocycles. The average molecular weight is 112 g/mol. The summed E-state index contributed by atoms with van der Waals surface area (Å²) >= 11 is 0. The molecular weight excluding hydrogens is 100 g/mol. The maximum atomic E-state index is 6.63. The molecule has 46 valence electrons. The molecule has 0 rings (SSSR count). The van der Waals surface area contributed by atoms with Gasteiger partial charge in [-0.2, -0.15) is 0 Å². The summed E-state index contributed by atoms with van der Waals surface area (Å²) in [6.07, 6.45) is 1.78. The molecule has 0 aliphatic carbocycles. The fraction of sp³-hybridized carbons (Fsp3) is 0.833. The first-order chi connectivity index (χ1) is 3.85. The van der Waals surface area contributed by atoms with Crippen molar-refractivity contribution in [2.75, 3.05) is 6.54 Å². The molecule has 0 amide bonds. The van der Waals surface area contributed by atoms with Gasteiger partial charge < -0.3 is 10.6 Å². The number of hydrogen-bond acceptors (Lipinski definition) is 1. The summed E-state index contributed by atoms with van der Waals surface area (Å²) in [5, 5.41) is 0. The molecule has 2 nitrogen and oxygen atoms in total. The van der Waals surface area contributed by atoms with E-state index in [9.17, 15) is 0 Å². The Balaban J connectivity index is 3.26. The fourth-order valence-corrected chi connectivity index (χ4v) is 0.552. The van der Waals surface area contributed by atoms with Gasteiger partial charge in [0.2, 0.25) is 6.04 Å². The number of nitrogens with zero attached hydrogens (tertiary/aromatic N) is 1. The molecule has 0 aliphatic heterocycles. The third kappa shape index (κ3) is 2.59. The number of rotatable bonds is 3. The van der Waals surface area contributed by atoms with Gasteiger partial charge in [-0.3, -0.25) is 0 Å². The Morgan fingerprint density at radius 1 is 1.75 bits per heavy atom. The van der Waals surface area contributed by atoms with Crippen LogP contribution in [0.25, 0.3) is 4.85 Å². The Morgan fingerprint density at radius 3 is 2.50 bits per heavy atom. The van der Waals surface area contributed by atoms with E-state index in [1.807, 2.05) is 6.92 Å². The molecule has 0 bridgehead atoms. The lowest BCUT2D eigenvalue weighted by Gasteiger charge is -1.96. The fourth-order valence-electron chi connectivity index (χ4n) is 0.552. The highest BCUT2D eigenvalue weighted by Crippen LogP contribution is 1.99. The Hall–Kier alpha value is -0.550. The molecule has 1 unspecified atom stereocenters. The van der Waals surface area contributed by atoms with Crippen LogP contribution >= 0.6 is 0 Å². The van der Waals surface area contributed by atoms with Crippen molar-refractivity contribution in [1.29, 1.82) is 0 Å². The summed E-state index contributed by atoms with van der Waals surface area (Å²) < 4.78 is 0. The molecule has 0 fully saturated rings. The summed E-state index contributed by atoms with van der Waals surface area (Å²) in [6, 6.07) is 0.167. The molecule has 2 heteroatoms. The second kappa shape index (κ2) is 4.61. The van der Waals surface area contributed by atoms with E-state index in [0.29, 0.717) is 6.54 Å². The lowest BCUT2D eigenvalue weighted by molar-refractivity contribution is 0.677. The Bertz CT molecular complexity index is 83.0. The van der Waals surface area contributed by atoms with Crippen LogP contribution in [0.1, 0.15) is 19.8 Å². The number of nitrogens with two attached hydrogens (primary N) is 1. The third-order valence-electron chi connectivity index (χ3n) is 1.15. The molecular formula is C6H12N2. The maximum absolute atomic E-state index is 6.63. The van der Waals surface area contributed by atoms with Gasteiger partial charge in [0.1, 0.15) is 0 Å². The molecule has 2 N–H and O–H groups in total. The first-order valence-electron chi connectivity index (χ1n) is 2.91. The predicted octanol–water partition coefficient (Wildman–Crippen LogP) is 1.03. The maximum Gasteiger partial charge on any atom is 0.224 e. The molecule has 0 saturated carbocycles. The topological polar surface area (TPSA) is 30.4 Å². The smallest absolute Gasteiger partial charge is 0.224 e. The summed E-state index contributed by atoms with van der Waals surface area (Å²) in [5.74, 6) is 0. The van der Waals surface area contributed by atoms with Crippen molar-refractivity contribution in [3.63, 3.8) is 0 Å². The normalized spacial score (nSPS) is 12.6. The van der Waals surface area contributed by atoms with Crippen LogP contribution in [0.2, 0.25) is 0 Å². The molecule has 0 saturated heterocycles. The molecule has 0 aromatic heterocycles. The van der Waals surface area contributed by atoms with Gasteiger partial charge in [0, 0.05) is 12.8 Å². The van der Waals surface area contributed by atoms with Crippen molar-refractivity contribution in [1.82, 2.24) is 0 Å². The summed E-state index contributed by atoms with van der Waals surface area (Å²) in [6.45, 7) is 9.28. The highest BCUT2D eigenvalue weighted by atomic mass is 14.7. The van der Waals surface area contributed by atoms with Gasteiger partial charge in [0.15, 0.2) is 0 Å². The highest BCUT2D eigenvalue weighted by molar-refractivity contribution is 4.76. The standard InChI is InChI=1S/C6H12N2/c1-3-6(8-2)4-5-7/h6H,3-5,7H2,1H3. The second-order valence-electron chi connectivity index (χ2n) is 1.77. The van der Waals surface area contributed by atoms with E-state index in [2.05, 4.69) is 4.85 Å². The Morgan fingerprint density at radius 2 is 2.38 bits per heavy atom. The molecule has 0 spiro atoms. The van der Waals surface area contributed by atoms with Crippen LogP contribution in [0.3, 0.4) is 0 Å². The van der Waals surface area contributed by atoms with E-state index < -0.39 is 0 Å². The van der Waals surface area contributed by atoms with Gasteiger partial charge in [-0.25, -0.2) is 6.57 Å². The third-order valence-corrected chi connectivity index (χ3v) is 1.15. The van der Waals surface area contributed by atoms with E-state index in [0.717, 1.165) is 12.8 Å². The summed E-state index contributed by atoms with van der Waals surface area (Å²) in [5.41, 5.74) is 5.24. The molecule has 0 heterocycles. The van der Waals surface area contributed by atoms with E-state index in [-0.39, 0.29) is 6.04 Å². The Kier molecular flexibility index (Phi) is 4.29. The number of hydrogen-bond donors (Lipinski definition) is 1. The van der Waals surface area contributed by atoms with Gasteiger partial charge in [-0.05, 0) is 6.54 Å². The Labute approximate surface area is 50.5 Å². The van der Waals surface area contributed by atoms with Gasteiger partial charge in [-0.1, -0.05) is 6.92 Å². The second-order valence-corrected chi connectivity index (χ2v) is 1.77. The largest absolute Gasteiger partial charge is 0.330 e. The van der Waals surface area contributed by atoms with Crippen molar-refractivity contribution in [2.24, 2.45) is 5.73 Å². The highest BCUT2D eigenvalue weighted by Gasteiger charge is 2.05. The zero-order valence-electron chi connectivity index (χ0n) is 5.22. The van der Waals surface area contributed by atoms with Crippen molar-refractivity contribution >= 4 is 0 Å². The minimum absolute atomic E-state index is 0.167. The lowest BCUT2D eigenvalue weighted by Crippen LogP contribution is -2.08. The van der Waals surface area contributed by atoms with Crippen molar-refractivity contribution in [2.45, 2.75) is 25.8 Å². The summed E-state index contributed by atoms with van der Waals surface area (Å²) in [7, 11) is 0. The van der Waals surface area contributed by atoms with Gasteiger partial charge >= 0.3 is 0 Å². The van der Waals surface area contributed by atoms with E-state index in [1.54, 1.807) is 0 Å². The molecule has 1 atom stereocenters. The molecule has 0 radical (unpaired) electrons. The van der Waals surface area contributed by atoms with E-state index in [1.165, 1.54) is 0 Å². The zero-order chi connectivity index (χ0) is 6.41. The van der Waals surface area contributed by atoms with Gasteiger partial charge in [-0.15, -0.1) is 0 Å². The van der Waals surface area contributed by atoms with Crippen LogP contribution in [0.4, 0.5) is 0 Å². The van der Waals surface area contributed by atoms with Crippen LogP contribution < -0.4 is 5.73 Å². The monoisotopic (exact) mass is 112 g/mol. The minimum Gasteiger partial charge on any atom is -0.330 e. The summed E-state index contributed by atoms with van der Waals surface area (Å²) in [4.78, 5) is 3.37. The van der Waals surface area contributed by atoms with Crippen LogP contribution in [0, 0.1) is 6.57 Å². The molecule has 8 heavy (non-hydrogen) atoms. The SMILES string of the molecule is [C-]#[N+]C(CC)CCN. The van der Waals surface area contributed by atoms with Gasteiger partial charge in [0.25, 0.3) is 0 Å². The quantitative estimate of drug-likeness (QED) is 0.543. The van der Waals surface area contributed by atoms with Crippen LogP contribution in [0.15, 0.2) is 0 Å². The van der Waals surface area contributed by atoms with Crippen LogP contribution in [0.5, 0.6) is 0 Å². The van der Waals surface area contributed by atoms with E-state index in [4.69, 9.17) is 12.3 Å². The van der Waals surface area contributed by atoms with Crippen molar-refractivity contribution in [3.8, 4) is 0 Å². The van der Waals surface area contributed by atoms with E-state index >= 15 is 0 Å². The van der Waals surface area contributed by atoms with Crippen molar-refractivity contribution < 1.29 is 0 Å². The first-order valence-corrected chi connectivity index (χ1v) is 2.91. The van der Waals surface area contributed by atoms with Gasteiger partial charge in [0.05, 0.1) is 0 Å². The van der Waals surface area contributed by atoms with Crippen molar-refractivity contribution in [3.05, 3.63) is 11.4 Å². The minimum atomic E-state index is 0.167.